The van der Waals surface area contributed by atoms with Crippen LogP contribution in [-0.2, 0) is 16.8 Å². The van der Waals surface area contributed by atoms with Gasteiger partial charge in [0, 0.05) is 41.0 Å². The minimum atomic E-state index is -0.924. The van der Waals surface area contributed by atoms with E-state index in [1.807, 2.05) is 48.5 Å². The molecule has 1 unspecified atom stereocenters. The van der Waals surface area contributed by atoms with E-state index in [9.17, 15) is 4.79 Å². The van der Waals surface area contributed by atoms with E-state index in [0.29, 0.717) is 23.5 Å². The zero-order valence-corrected chi connectivity index (χ0v) is 15.1. The number of hydrogen-bond acceptors (Lipinski definition) is 5. The van der Waals surface area contributed by atoms with Gasteiger partial charge >= 0.3 is 0 Å². The van der Waals surface area contributed by atoms with Crippen LogP contribution in [0.3, 0.4) is 0 Å². The molecule has 0 fully saturated rings. The Balaban J connectivity index is 1.69. The number of benzene rings is 2. The van der Waals surface area contributed by atoms with E-state index in [1.165, 1.54) is 6.21 Å². The van der Waals surface area contributed by atoms with Crippen LogP contribution in [-0.4, -0.2) is 23.7 Å². The van der Waals surface area contributed by atoms with Crippen LogP contribution in [0.25, 0.3) is 0 Å². The quantitative estimate of drug-likeness (QED) is 0.548. The average Bonchev–Trinajstić information content (AvgIpc) is 3.20. The van der Waals surface area contributed by atoms with Crippen molar-refractivity contribution in [2.24, 2.45) is 0 Å². The maximum atomic E-state index is 13.8. The highest BCUT2D eigenvalue weighted by molar-refractivity contribution is 6.11. The van der Waals surface area contributed by atoms with Crippen LogP contribution in [0, 0.1) is 5.41 Å². The van der Waals surface area contributed by atoms with Crippen LogP contribution in [0.5, 0.6) is 5.75 Å². The number of pyridine rings is 1. The van der Waals surface area contributed by atoms with E-state index in [4.69, 9.17) is 15.9 Å². The topological polar surface area (TPSA) is 92.3 Å². The molecule has 2 aromatic carbocycles. The van der Waals surface area contributed by atoms with Gasteiger partial charge < -0.3 is 20.8 Å². The SMILES string of the molecule is N=Cc1cc2c(cc1N)OCC21C(=O)N(Cc2ccccn2)c2ccccc21. The van der Waals surface area contributed by atoms with E-state index in [0.717, 1.165) is 22.5 Å². The molecule has 5 rings (SSSR count). The molecule has 6 nitrogen and oxygen atoms in total. The average molecular weight is 370 g/mol. The summed E-state index contributed by atoms with van der Waals surface area (Å²) in [6.45, 7) is 0.609. The Labute approximate surface area is 162 Å². The molecule has 3 aromatic rings. The summed E-state index contributed by atoms with van der Waals surface area (Å²) < 4.78 is 5.92. The molecule has 138 valence electrons. The summed E-state index contributed by atoms with van der Waals surface area (Å²) in [4.78, 5) is 19.9. The third-order valence-electron chi connectivity index (χ3n) is 5.56. The number of carbonyl (C=O) groups is 1. The summed E-state index contributed by atoms with van der Waals surface area (Å²) in [5.74, 6) is 0.560. The molecule has 28 heavy (non-hydrogen) atoms. The highest BCUT2D eigenvalue weighted by Crippen LogP contribution is 2.53. The Bertz CT molecular complexity index is 1110. The van der Waals surface area contributed by atoms with E-state index >= 15 is 0 Å². The molecule has 1 spiro atoms. The van der Waals surface area contributed by atoms with Crippen molar-refractivity contribution < 1.29 is 9.53 Å². The number of ether oxygens (including phenoxy) is 1. The smallest absolute Gasteiger partial charge is 0.246 e. The van der Waals surface area contributed by atoms with E-state index in [2.05, 4.69) is 4.98 Å². The van der Waals surface area contributed by atoms with E-state index < -0.39 is 5.41 Å². The minimum Gasteiger partial charge on any atom is -0.491 e. The fourth-order valence-corrected chi connectivity index (χ4v) is 4.19. The lowest BCUT2D eigenvalue weighted by atomic mass is 9.76. The van der Waals surface area contributed by atoms with Crippen LogP contribution >= 0.6 is 0 Å². The van der Waals surface area contributed by atoms with Crippen LogP contribution in [0.2, 0.25) is 0 Å². The highest BCUT2D eigenvalue weighted by atomic mass is 16.5. The van der Waals surface area contributed by atoms with Crippen molar-refractivity contribution in [1.29, 1.82) is 5.41 Å². The van der Waals surface area contributed by atoms with Crippen molar-refractivity contribution in [1.82, 2.24) is 4.98 Å². The molecule has 0 bridgehead atoms. The zero-order valence-electron chi connectivity index (χ0n) is 15.1. The van der Waals surface area contributed by atoms with Gasteiger partial charge in [0.15, 0.2) is 0 Å². The van der Waals surface area contributed by atoms with Gasteiger partial charge in [-0.1, -0.05) is 24.3 Å². The van der Waals surface area contributed by atoms with Crippen LogP contribution < -0.4 is 15.4 Å². The molecular formula is C22H18N4O2. The lowest BCUT2D eigenvalue weighted by Gasteiger charge is -2.23. The Morgan fingerprint density at radius 1 is 1.18 bits per heavy atom. The number of nitrogens with one attached hydrogen (secondary N) is 1. The Morgan fingerprint density at radius 2 is 2.00 bits per heavy atom. The summed E-state index contributed by atoms with van der Waals surface area (Å²) in [6, 6.07) is 17.0. The molecule has 3 N–H and O–H groups in total. The lowest BCUT2D eigenvalue weighted by molar-refractivity contribution is -0.122. The fraction of sp³-hybridized carbons (Fsp3) is 0.136. The van der Waals surface area contributed by atoms with Crippen molar-refractivity contribution >= 4 is 23.5 Å². The number of aromatic nitrogens is 1. The van der Waals surface area contributed by atoms with Crippen molar-refractivity contribution in [3.05, 3.63) is 83.2 Å². The number of nitrogens with zero attached hydrogens (tertiary/aromatic N) is 2. The molecule has 3 heterocycles. The van der Waals surface area contributed by atoms with Crippen LogP contribution in [0.4, 0.5) is 11.4 Å². The van der Waals surface area contributed by atoms with Gasteiger partial charge in [-0.05, 0) is 29.8 Å². The highest BCUT2D eigenvalue weighted by Gasteiger charge is 2.56. The number of rotatable bonds is 3. The molecule has 0 radical (unpaired) electrons. The molecule has 0 saturated heterocycles. The van der Waals surface area contributed by atoms with E-state index in [-0.39, 0.29) is 12.5 Å². The summed E-state index contributed by atoms with van der Waals surface area (Å²) in [7, 11) is 0. The normalized spacial score (nSPS) is 19.4. The molecular weight excluding hydrogens is 352 g/mol. The lowest BCUT2D eigenvalue weighted by Crippen LogP contribution is -2.42. The van der Waals surface area contributed by atoms with Crippen molar-refractivity contribution in [3.8, 4) is 5.75 Å². The summed E-state index contributed by atoms with van der Waals surface area (Å²) in [5, 5.41) is 7.64. The van der Waals surface area contributed by atoms with Crippen molar-refractivity contribution in [2.45, 2.75) is 12.0 Å². The van der Waals surface area contributed by atoms with Gasteiger partial charge in [0.1, 0.15) is 17.8 Å². The Hall–Kier alpha value is -3.67. The fourth-order valence-electron chi connectivity index (χ4n) is 4.19. The van der Waals surface area contributed by atoms with Gasteiger partial charge in [-0.3, -0.25) is 9.78 Å². The second kappa shape index (κ2) is 5.92. The summed E-state index contributed by atoms with van der Waals surface area (Å²) in [6.07, 6.45) is 2.93. The van der Waals surface area contributed by atoms with Gasteiger partial charge in [-0.25, -0.2) is 0 Å². The zero-order chi connectivity index (χ0) is 19.3. The predicted molar refractivity (Wildman–Crippen MR) is 107 cm³/mol. The summed E-state index contributed by atoms with van der Waals surface area (Å²) >= 11 is 0. The third-order valence-corrected chi connectivity index (χ3v) is 5.56. The Morgan fingerprint density at radius 3 is 2.79 bits per heavy atom. The first-order chi connectivity index (χ1) is 13.6. The molecule has 6 heteroatoms. The second-order valence-electron chi connectivity index (χ2n) is 7.05. The second-order valence-corrected chi connectivity index (χ2v) is 7.05. The van der Waals surface area contributed by atoms with Gasteiger partial charge in [0.05, 0.1) is 12.2 Å². The largest absolute Gasteiger partial charge is 0.491 e. The predicted octanol–water partition coefficient (Wildman–Crippen LogP) is 2.89. The molecule has 2 aliphatic heterocycles. The van der Waals surface area contributed by atoms with Gasteiger partial charge in [0.2, 0.25) is 5.91 Å². The van der Waals surface area contributed by atoms with Crippen LogP contribution in [0.15, 0.2) is 60.8 Å². The van der Waals surface area contributed by atoms with Gasteiger partial charge in [-0.2, -0.15) is 0 Å². The first-order valence-corrected chi connectivity index (χ1v) is 9.04. The Kier molecular flexibility index (Phi) is 3.49. The van der Waals surface area contributed by atoms with Gasteiger partial charge in [0.25, 0.3) is 0 Å². The molecule has 1 aromatic heterocycles. The van der Waals surface area contributed by atoms with Gasteiger partial charge in [-0.15, -0.1) is 0 Å². The first kappa shape index (κ1) is 16.5. The van der Waals surface area contributed by atoms with Crippen molar-refractivity contribution in [3.63, 3.8) is 0 Å². The number of nitrogen functional groups attached to an aromatic ring is 1. The molecule has 1 amide bonds. The molecule has 0 aliphatic carbocycles. The maximum absolute atomic E-state index is 13.8. The number of para-hydroxylation sites is 1. The number of anilines is 2. The standard InChI is InChI=1S/C22H18N4O2/c23-11-14-9-17-20(10-18(14)24)28-13-22(17)16-6-1-2-7-19(16)26(21(22)27)12-15-5-3-4-8-25-15/h1-11,23H,12-13,24H2. The third kappa shape index (κ3) is 2.11. The minimum absolute atomic E-state index is 0.0428. The van der Waals surface area contributed by atoms with Crippen molar-refractivity contribution in [2.75, 3.05) is 17.2 Å². The number of carbonyl (C=O) groups excluding carboxylic acids is 1. The first-order valence-electron chi connectivity index (χ1n) is 9.04. The molecule has 0 saturated carbocycles. The maximum Gasteiger partial charge on any atom is 0.246 e. The monoisotopic (exact) mass is 370 g/mol. The number of nitrogens with two attached hydrogens (primary N) is 1. The van der Waals surface area contributed by atoms with E-state index in [1.54, 1.807) is 17.2 Å². The summed E-state index contributed by atoms with van der Waals surface area (Å²) in [5.41, 5.74) is 9.50. The molecule has 2 aliphatic rings. The van der Waals surface area contributed by atoms with Crippen LogP contribution in [0.1, 0.15) is 22.4 Å². The molecule has 1 atom stereocenters. The number of hydrogen-bond donors (Lipinski definition) is 2. The number of amides is 1. The number of fused-ring (bicyclic) bond motifs is 4.